The van der Waals surface area contributed by atoms with Crippen LogP contribution in [0.2, 0.25) is 5.02 Å². The maximum absolute atomic E-state index is 11.7. The lowest BCUT2D eigenvalue weighted by Crippen LogP contribution is -2.14. The van der Waals surface area contributed by atoms with Gasteiger partial charge in [-0.2, -0.15) is 0 Å². The van der Waals surface area contributed by atoms with Gasteiger partial charge in [0.2, 0.25) is 0 Å². The molecule has 1 rings (SSSR count). The number of carbonyl (C=O) groups is 2. The zero-order valence-corrected chi connectivity index (χ0v) is 13.2. The Hall–Kier alpha value is -2.19. The van der Waals surface area contributed by atoms with E-state index in [4.69, 9.17) is 32.2 Å². The molecule has 0 fully saturated rings. The predicted molar refractivity (Wildman–Crippen MR) is 81.9 cm³/mol. The molecule has 1 atom stereocenters. The summed E-state index contributed by atoms with van der Waals surface area (Å²) >= 11 is 5.82. The van der Waals surface area contributed by atoms with Crippen molar-refractivity contribution in [2.45, 2.75) is 32.3 Å². The van der Waals surface area contributed by atoms with Crippen LogP contribution in [0.25, 0.3) is 0 Å². The fraction of sp³-hybridized carbons (Fsp3) is 0.375. The highest BCUT2D eigenvalue weighted by molar-refractivity contribution is 6.30. The topological polar surface area (TPSA) is 61.8 Å². The molecule has 0 aromatic heterocycles. The van der Waals surface area contributed by atoms with Crippen molar-refractivity contribution < 1.29 is 23.8 Å². The minimum atomic E-state index is -0.572. The molecule has 0 amide bonds. The minimum Gasteiger partial charge on any atom is -0.493 e. The summed E-state index contributed by atoms with van der Waals surface area (Å²) in [7, 11) is 1.45. The molecule has 22 heavy (non-hydrogen) atoms. The van der Waals surface area contributed by atoms with Crippen molar-refractivity contribution in [3.63, 3.8) is 0 Å². The molecule has 0 aliphatic heterocycles. The quantitative estimate of drug-likeness (QED) is 0.438. The van der Waals surface area contributed by atoms with Crippen LogP contribution >= 0.6 is 11.6 Å². The van der Waals surface area contributed by atoms with Crippen LogP contribution in [0, 0.1) is 12.3 Å². The first kappa shape index (κ1) is 17.9. The van der Waals surface area contributed by atoms with E-state index < -0.39 is 18.0 Å². The van der Waals surface area contributed by atoms with E-state index in [-0.39, 0.29) is 18.6 Å². The van der Waals surface area contributed by atoms with Gasteiger partial charge in [-0.15, -0.1) is 6.42 Å². The first-order valence-corrected chi connectivity index (χ1v) is 7.04. The third-order valence-electron chi connectivity index (χ3n) is 2.65. The van der Waals surface area contributed by atoms with Gasteiger partial charge in [0, 0.05) is 23.9 Å². The zero-order chi connectivity index (χ0) is 16.5. The Labute approximate surface area is 134 Å². The second-order valence-electron chi connectivity index (χ2n) is 4.42. The third-order valence-corrected chi connectivity index (χ3v) is 2.89. The smallest absolute Gasteiger partial charge is 0.311 e. The van der Waals surface area contributed by atoms with E-state index in [1.165, 1.54) is 7.11 Å². The van der Waals surface area contributed by atoms with Gasteiger partial charge in [0.1, 0.15) is 0 Å². The number of terminal acetylenes is 1. The number of ether oxygens (including phenoxy) is 3. The summed E-state index contributed by atoms with van der Waals surface area (Å²) in [5.41, 5.74) is 0. The minimum absolute atomic E-state index is 0.0747. The number of halogens is 1. The Bertz CT molecular complexity index is 576. The van der Waals surface area contributed by atoms with Crippen molar-refractivity contribution in [1.29, 1.82) is 0 Å². The second-order valence-corrected chi connectivity index (χ2v) is 4.86. The van der Waals surface area contributed by atoms with Gasteiger partial charge in [-0.05, 0) is 25.5 Å². The number of carbonyl (C=O) groups excluding carboxylic acids is 2. The molecule has 5 nitrogen and oxygen atoms in total. The van der Waals surface area contributed by atoms with Crippen molar-refractivity contribution in [3.05, 3.63) is 23.2 Å². The van der Waals surface area contributed by atoms with Crippen molar-refractivity contribution in [2.75, 3.05) is 7.11 Å². The van der Waals surface area contributed by atoms with Crippen molar-refractivity contribution >= 4 is 23.5 Å². The fourth-order valence-corrected chi connectivity index (χ4v) is 1.73. The molecule has 0 N–H and O–H groups in total. The molecular formula is C16H17ClO5. The molecule has 0 aliphatic rings. The highest BCUT2D eigenvalue weighted by atomic mass is 35.5. The van der Waals surface area contributed by atoms with Gasteiger partial charge in [-0.25, -0.2) is 0 Å². The van der Waals surface area contributed by atoms with E-state index in [0.29, 0.717) is 17.2 Å². The SMILES string of the molecule is C#CC(C)OC(=O)CCCC(=O)Oc1ccc(Cl)cc1OC. The largest absolute Gasteiger partial charge is 0.493 e. The molecule has 0 radical (unpaired) electrons. The lowest BCUT2D eigenvalue weighted by Gasteiger charge is -2.09. The van der Waals surface area contributed by atoms with E-state index in [0.717, 1.165) is 0 Å². The fourth-order valence-electron chi connectivity index (χ4n) is 1.57. The Morgan fingerprint density at radius 3 is 2.59 bits per heavy atom. The molecule has 1 aromatic carbocycles. The van der Waals surface area contributed by atoms with Crippen LogP contribution in [0.5, 0.6) is 11.5 Å². The van der Waals surface area contributed by atoms with E-state index >= 15 is 0 Å². The molecule has 118 valence electrons. The predicted octanol–water partition coefficient (Wildman–Crippen LogP) is 2.99. The van der Waals surface area contributed by atoms with Crippen LogP contribution in [0.3, 0.4) is 0 Å². The van der Waals surface area contributed by atoms with E-state index in [1.807, 2.05) is 0 Å². The molecule has 0 saturated heterocycles. The summed E-state index contributed by atoms with van der Waals surface area (Å²) in [6.07, 6.45) is 5.01. The molecule has 1 unspecified atom stereocenters. The molecular weight excluding hydrogens is 308 g/mol. The first-order valence-electron chi connectivity index (χ1n) is 6.66. The Balaban J connectivity index is 2.41. The van der Waals surface area contributed by atoms with Crippen molar-refractivity contribution in [2.24, 2.45) is 0 Å². The lowest BCUT2D eigenvalue weighted by molar-refractivity contribution is -0.146. The average molecular weight is 325 g/mol. The number of rotatable bonds is 7. The van der Waals surface area contributed by atoms with E-state index in [9.17, 15) is 9.59 Å². The Kier molecular flexibility index (Phi) is 7.27. The lowest BCUT2D eigenvalue weighted by atomic mass is 10.2. The maximum Gasteiger partial charge on any atom is 0.311 e. The molecule has 0 saturated carbocycles. The van der Waals surface area contributed by atoms with Gasteiger partial charge >= 0.3 is 11.9 Å². The van der Waals surface area contributed by atoms with Crippen LogP contribution in [-0.2, 0) is 14.3 Å². The highest BCUT2D eigenvalue weighted by Gasteiger charge is 2.12. The average Bonchev–Trinajstić information content (AvgIpc) is 2.48. The normalized spacial score (nSPS) is 11.2. The maximum atomic E-state index is 11.7. The van der Waals surface area contributed by atoms with Crippen LogP contribution in [0.1, 0.15) is 26.2 Å². The summed E-state index contributed by atoms with van der Waals surface area (Å²) < 4.78 is 15.1. The second kappa shape index (κ2) is 8.96. The summed E-state index contributed by atoms with van der Waals surface area (Å²) in [6, 6.07) is 4.68. The number of benzene rings is 1. The first-order chi connectivity index (χ1) is 10.5. The number of methoxy groups -OCH3 is 1. The number of esters is 2. The van der Waals surface area contributed by atoms with E-state index in [1.54, 1.807) is 25.1 Å². The van der Waals surface area contributed by atoms with Gasteiger partial charge in [-0.1, -0.05) is 17.5 Å². The molecule has 1 aromatic rings. The van der Waals surface area contributed by atoms with Crippen LogP contribution in [-0.4, -0.2) is 25.2 Å². The van der Waals surface area contributed by atoms with E-state index in [2.05, 4.69) is 5.92 Å². The molecule has 6 heteroatoms. The number of hydrogen-bond donors (Lipinski definition) is 0. The zero-order valence-electron chi connectivity index (χ0n) is 12.4. The van der Waals surface area contributed by atoms with Gasteiger partial charge in [-0.3, -0.25) is 9.59 Å². The summed E-state index contributed by atoms with van der Waals surface area (Å²) in [4.78, 5) is 23.1. The van der Waals surface area contributed by atoms with Crippen LogP contribution < -0.4 is 9.47 Å². The molecule has 0 aliphatic carbocycles. The monoisotopic (exact) mass is 324 g/mol. The van der Waals surface area contributed by atoms with Crippen molar-refractivity contribution in [1.82, 2.24) is 0 Å². The van der Waals surface area contributed by atoms with Gasteiger partial charge < -0.3 is 14.2 Å². The third kappa shape index (κ3) is 6.06. The van der Waals surface area contributed by atoms with Gasteiger partial charge in [0.25, 0.3) is 0 Å². The van der Waals surface area contributed by atoms with Gasteiger partial charge in [0.15, 0.2) is 17.6 Å². The molecule has 0 spiro atoms. The highest BCUT2D eigenvalue weighted by Crippen LogP contribution is 2.30. The molecule has 0 bridgehead atoms. The number of hydrogen-bond acceptors (Lipinski definition) is 5. The van der Waals surface area contributed by atoms with Crippen LogP contribution in [0.15, 0.2) is 18.2 Å². The summed E-state index contributed by atoms with van der Waals surface area (Å²) in [6.45, 7) is 1.60. The Morgan fingerprint density at radius 1 is 1.27 bits per heavy atom. The Morgan fingerprint density at radius 2 is 1.95 bits per heavy atom. The van der Waals surface area contributed by atoms with Gasteiger partial charge in [0.05, 0.1) is 7.11 Å². The standard InChI is InChI=1S/C16H17ClO5/c1-4-11(2)21-15(18)6-5-7-16(19)22-13-9-8-12(17)10-14(13)20-3/h1,8-11H,5-7H2,2-3H3. The molecule has 0 heterocycles. The summed E-state index contributed by atoms with van der Waals surface area (Å²) in [5.74, 6) is 2.01. The van der Waals surface area contributed by atoms with Crippen molar-refractivity contribution in [3.8, 4) is 23.8 Å². The summed E-state index contributed by atoms with van der Waals surface area (Å²) in [5, 5.41) is 0.474. The van der Waals surface area contributed by atoms with Crippen LogP contribution in [0.4, 0.5) is 0 Å².